The Balaban J connectivity index is 2.37. The molecule has 0 aliphatic heterocycles. The van der Waals surface area contributed by atoms with Crippen molar-refractivity contribution in [3.8, 4) is 17.2 Å². The molecule has 36 heavy (non-hydrogen) atoms. The molecule has 0 saturated heterocycles. The molecular weight excluding hydrogens is 508 g/mol. The lowest BCUT2D eigenvalue weighted by atomic mass is 10.1. The van der Waals surface area contributed by atoms with E-state index < -0.39 is 15.9 Å². The fourth-order valence-electron chi connectivity index (χ4n) is 2.97. The number of amidine groups is 1. The number of hydrogen-bond donors (Lipinski definition) is 4. The molecular formula is C24H31ClN4O6S. The Labute approximate surface area is 216 Å². The van der Waals surface area contributed by atoms with Gasteiger partial charge in [0.25, 0.3) is 5.91 Å². The van der Waals surface area contributed by atoms with Gasteiger partial charge in [0, 0.05) is 31.8 Å². The first kappa shape index (κ1) is 29.1. The van der Waals surface area contributed by atoms with Gasteiger partial charge in [0.15, 0.2) is 0 Å². The molecule has 2 rings (SSSR count). The summed E-state index contributed by atoms with van der Waals surface area (Å²) >= 11 is 6.32. The summed E-state index contributed by atoms with van der Waals surface area (Å²) in [6.07, 6.45) is 2.57. The van der Waals surface area contributed by atoms with Gasteiger partial charge in [-0.1, -0.05) is 11.6 Å². The van der Waals surface area contributed by atoms with Crippen LogP contribution < -0.4 is 24.8 Å². The van der Waals surface area contributed by atoms with Crippen LogP contribution in [0.1, 0.15) is 31.1 Å². The molecule has 2 aromatic rings. The van der Waals surface area contributed by atoms with E-state index in [0.29, 0.717) is 12.4 Å². The van der Waals surface area contributed by atoms with Crippen LogP contribution >= 0.6 is 11.6 Å². The molecule has 1 amide bonds. The predicted molar refractivity (Wildman–Crippen MR) is 139 cm³/mol. The maximum atomic E-state index is 12.8. The summed E-state index contributed by atoms with van der Waals surface area (Å²) in [5.41, 5.74) is 0.172. The molecule has 0 saturated carbocycles. The van der Waals surface area contributed by atoms with Crippen molar-refractivity contribution < 1.29 is 27.4 Å². The summed E-state index contributed by atoms with van der Waals surface area (Å²) in [5.74, 6) is 0.0557. The van der Waals surface area contributed by atoms with Gasteiger partial charge in [0.1, 0.15) is 29.2 Å². The first-order valence-electron chi connectivity index (χ1n) is 11.0. The highest BCUT2D eigenvalue weighted by molar-refractivity contribution is 7.89. The second-order valence-corrected chi connectivity index (χ2v) is 10.2. The predicted octanol–water partition coefficient (Wildman–Crippen LogP) is 3.67. The van der Waals surface area contributed by atoms with E-state index >= 15 is 0 Å². The Morgan fingerprint density at radius 3 is 2.44 bits per heavy atom. The van der Waals surface area contributed by atoms with Crippen molar-refractivity contribution in [3.63, 3.8) is 0 Å². The monoisotopic (exact) mass is 538 g/mol. The molecule has 0 spiro atoms. The first-order chi connectivity index (χ1) is 16.9. The molecule has 10 nitrogen and oxygen atoms in total. The quantitative estimate of drug-likeness (QED) is 0.239. The summed E-state index contributed by atoms with van der Waals surface area (Å²) in [4.78, 5) is 12.7. The largest absolute Gasteiger partial charge is 0.488 e. The van der Waals surface area contributed by atoms with Gasteiger partial charge in [-0.05, 0) is 63.4 Å². The minimum absolute atomic E-state index is 0.00720. The number of nitrogens with one attached hydrogen (secondary N) is 4. The molecule has 196 valence electrons. The Bertz CT molecular complexity index is 1220. The lowest BCUT2D eigenvalue weighted by molar-refractivity contribution is 0.0913. The number of rotatable bonds is 12. The van der Waals surface area contributed by atoms with Crippen LogP contribution in [-0.4, -0.2) is 53.1 Å². The fraction of sp³-hybridized carbons (Fsp3) is 0.333. The number of carbonyl (C=O) groups is 1. The molecule has 1 atom stereocenters. The zero-order valence-electron chi connectivity index (χ0n) is 20.7. The van der Waals surface area contributed by atoms with Gasteiger partial charge in [0.2, 0.25) is 10.0 Å². The topological polar surface area (TPSA) is 139 Å². The van der Waals surface area contributed by atoms with E-state index in [1.165, 1.54) is 42.6 Å². The molecule has 0 heterocycles. The third-order valence-electron chi connectivity index (χ3n) is 4.38. The van der Waals surface area contributed by atoms with Gasteiger partial charge >= 0.3 is 0 Å². The molecule has 0 aliphatic rings. The maximum Gasteiger partial charge on any atom is 0.257 e. The molecule has 0 bridgehead atoms. The normalized spacial score (nSPS) is 12.4. The molecule has 0 radical (unpaired) electrons. The van der Waals surface area contributed by atoms with Gasteiger partial charge in [0.05, 0.1) is 16.5 Å². The van der Waals surface area contributed by atoms with Crippen LogP contribution in [0.5, 0.6) is 17.2 Å². The highest BCUT2D eigenvalue weighted by atomic mass is 35.5. The maximum absolute atomic E-state index is 12.8. The Hall–Kier alpha value is -3.12. The molecule has 0 aliphatic carbocycles. The summed E-state index contributed by atoms with van der Waals surface area (Å²) in [6.45, 7) is 5.55. The van der Waals surface area contributed by atoms with Crippen molar-refractivity contribution in [3.05, 3.63) is 59.3 Å². The lowest BCUT2D eigenvalue weighted by Gasteiger charge is -2.17. The number of benzene rings is 2. The Kier molecular flexibility index (Phi) is 10.7. The van der Waals surface area contributed by atoms with Crippen molar-refractivity contribution >= 4 is 33.4 Å². The zero-order valence-corrected chi connectivity index (χ0v) is 22.3. The number of sulfonamides is 1. The summed E-state index contributed by atoms with van der Waals surface area (Å²) < 4.78 is 44.2. The second kappa shape index (κ2) is 13.3. The molecule has 4 N–H and O–H groups in total. The van der Waals surface area contributed by atoms with Crippen LogP contribution in [0.4, 0.5) is 0 Å². The summed E-state index contributed by atoms with van der Waals surface area (Å²) in [5, 5.41) is 13.1. The van der Waals surface area contributed by atoms with E-state index in [2.05, 4.69) is 15.4 Å². The molecule has 0 unspecified atom stereocenters. The Morgan fingerprint density at radius 2 is 1.83 bits per heavy atom. The van der Waals surface area contributed by atoms with Gasteiger partial charge in [-0.2, -0.15) is 0 Å². The number of hydrogen-bond acceptors (Lipinski definition) is 8. The number of halogens is 1. The van der Waals surface area contributed by atoms with Crippen LogP contribution in [0.3, 0.4) is 0 Å². The number of carbonyl (C=O) groups excluding carboxylic acids is 1. The highest BCUT2D eigenvalue weighted by Crippen LogP contribution is 2.34. The van der Waals surface area contributed by atoms with Crippen LogP contribution in [0.25, 0.3) is 0 Å². The average Bonchev–Trinajstić information content (AvgIpc) is 2.78. The third kappa shape index (κ3) is 8.83. The van der Waals surface area contributed by atoms with Crippen LogP contribution in [-0.2, 0) is 14.8 Å². The van der Waals surface area contributed by atoms with Crippen molar-refractivity contribution in [2.24, 2.45) is 0 Å². The SMILES string of the molecule is CN/C=C\C(=N)NC(=O)c1cc(Oc2ccc(S(=O)(=O)NC(C)C)cc2Cl)cc(O[C@@H](C)COC)c1. The van der Waals surface area contributed by atoms with Crippen molar-refractivity contribution in [2.75, 3.05) is 20.8 Å². The second-order valence-electron chi connectivity index (χ2n) is 8.04. The fourth-order valence-corrected chi connectivity index (χ4v) is 4.53. The highest BCUT2D eigenvalue weighted by Gasteiger charge is 2.18. The van der Waals surface area contributed by atoms with Gasteiger partial charge < -0.3 is 24.8 Å². The number of amides is 1. The van der Waals surface area contributed by atoms with Crippen molar-refractivity contribution in [1.29, 1.82) is 5.41 Å². The number of ether oxygens (including phenoxy) is 3. The molecule has 12 heteroatoms. The van der Waals surface area contributed by atoms with Gasteiger partial charge in [-0.15, -0.1) is 0 Å². The minimum atomic E-state index is -3.74. The minimum Gasteiger partial charge on any atom is -0.488 e. The Morgan fingerprint density at radius 1 is 1.14 bits per heavy atom. The number of methoxy groups -OCH3 is 1. The molecule has 0 fully saturated rings. The lowest BCUT2D eigenvalue weighted by Crippen LogP contribution is -2.30. The molecule has 0 aromatic heterocycles. The molecule has 2 aromatic carbocycles. The van der Waals surface area contributed by atoms with Crippen molar-refractivity contribution in [1.82, 2.24) is 15.4 Å². The van der Waals surface area contributed by atoms with Crippen LogP contribution in [0.15, 0.2) is 53.6 Å². The van der Waals surface area contributed by atoms with Crippen LogP contribution in [0, 0.1) is 5.41 Å². The van der Waals surface area contributed by atoms with E-state index in [0.717, 1.165) is 0 Å². The third-order valence-corrected chi connectivity index (χ3v) is 6.33. The average molecular weight is 539 g/mol. The van der Waals surface area contributed by atoms with Gasteiger partial charge in [-0.25, -0.2) is 13.1 Å². The van der Waals surface area contributed by atoms with E-state index in [-0.39, 0.29) is 45.0 Å². The first-order valence-corrected chi connectivity index (χ1v) is 12.9. The smallest absolute Gasteiger partial charge is 0.257 e. The van der Waals surface area contributed by atoms with Crippen molar-refractivity contribution in [2.45, 2.75) is 37.8 Å². The zero-order chi connectivity index (χ0) is 26.9. The summed E-state index contributed by atoms with van der Waals surface area (Å²) in [7, 11) is -0.520. The van der Waals surface area contributed by atoms with Gasteiger partial charge in [-0.3, -0.25) is 10.2 Å². The van der Waals surface area contributed by atoms with E-state index in [4.69, 9.17) is 31.2 Å². The standard InChI is InChI=1S/C24H31ClN4O6S/c1-15(2)29-36(31,32)20-6-7-22(21(25)13-20)35-19-11-17(24(30)28-23(26)8-9-27-4)10-18(12-19)34-16(3)14-33-5/h6-13,15-16,27,29H,14H2,1-5H3,(H2,26,28,30)/b9-8-/t16-/m0/s1. The van der Waals surface area contributed by atoms with E-state index in [1.807, 2.05) is 0 Å². The van der Waals surface area contributed by atoms with E-state index in [1.54, 1.807) is 41.0 Å². The summed E-state index contributed by atoms with van der Waals surface area (Å²) in [6, 6.07) is 8.33. The van der Waals surface area contributed by atoms with E-state index in [9.17, 15) is 13.2 Å². The van der Waals surface area contributed by atoms with Crippen LogP contribution in [0.2, 0.25) is 5.02 Å².